The van der Waals surface area contributed by atoms with Crippen LogP contribution in [0.5, 0.6) is 11.5 Å². The molecule has 2 heterocycles. The van der Waals surface area contributed by atoms with Crippen LogP contribution in [0.2, 0.25) is 0 Å². The van der Waals surface area contributed by atoms with E-state index >= 15 is 0 Å². The molecule has 0 atom stereocenters. The molecule has 154 valence electrons. The minimum atomic E-state index is -0.131. The zero-order valence-corrected chi connectivity index (χ0v) is 18.5. The Morgan fingerprint density at radius 3 is 2.67 bits per heavy atom. The summed E-state index contributed by atoms with van der Waals surface area (Å²) in [4.78, 5) is 21.6. The lowest BCUT2D eigenvalue weighted by atomic mass is 10.2. The lowest BCUT2D eigenvalue weighted by molar-refractivity contribution is -0.115. The van der Waals surface area contributed by atoms with Crippen molar-refractivity contribution in [1.82, 2.24) is 9.97 Å². The second-order valence-corrected chi connectivity index (χ2v) is 8.50. The smallest absolute Gasteiger partial charge is 0.232 e. The maximum absolute atomic E-state index is 12.5. The number of benzene rings is 2. The number of aromatic nitrogens is 2. The number of amides is 1. The van der Waals surface area contributed by atoms with E-state index in [1.54, 1.807) is 14.2 Å². The second kappa shape index (κ2) is 8.81. The number of anilines is 1. The summed E-state index contributed by atoms with van der Waals surface area (Å²) in [6, 6.07) is 11.8. The highest BCUT2D eigenvalue weighted by molar-refractivity contribution is 7.22. The van der Waals surface area contributed by atoms with Gasteiger partial charge in [-0.15, -0.1) is 11.3 Å². The van der Waals surface area contributed by atoms with Gasteiger partial charge in [0.05, 0.1) is 36.6 Å². The number of hydrogen-bond acceptors (Lipinski definition) is 7. The Hall–Kier alpha value is -2.97. The summed E-state index contributed by atoms with van der Waals surface area (Å²) in [7, 11) is 3.20. The number of rotatable bonds is 7. The average Bonchev–Trinajstić information content (AvgIpc) is 3.38. The van der Waals surface area contributed by atoms with Crippen LogP contribution in [-0.2, 0) is 17.6 Å². The van der Waals surface area contributed by atoms with Crippen LogP contribution in [0.15, 0.2) is 41.8 Å². The number of aryl methyl sites for hydroxylation is 1. The zero-order valence-electron chi connectivity index (χ0n) is 16.9. The molecule has 1 N–H and O–H groups in total. The summed E-state index contributed by atoms with van der Waals surface area (Å²) < 4.78 is 11.7. The van der Waals surface area contributed by atoms with Crippen molar-refractivity contribution < 1.29 is 14.3 Å². The number of nitrogens with zero attached hydrogens (tertiary/aromatic N) is 2. The molecular formula is C22H21N3O3S2. The molecule has 0 aliphatic rings. The average molecular weight is 440 g/mol. The van der Waals surface area contributed by atoms with E-state index in [-0.39, 0.29) is 12.3 Å². The number of methoxy groups -OCH3 is 2. The van der Waals surface area contributed by atoms with E-state index in [0.29, 0.717) is 16.6 Å². The summed E-state index contributed by atoms with van der Waals surface area (Å²) in [5.74, 6) is 1.18. The highest BCUT2D eigenvalue weighted by Gasteiger charge is 2.13. The lowest BCUT2D eigenvalue weighted by Crippen LogP contribution is -2.14. The Labute approximate surface area is 182 Å². The third-order valence-electron chi connectivity index (χ3n) is 4.63. The first-order valence-corrected chi connectivity index (χ1v) is 11.2. The molecule has 2 aromatic heterocycles. The number of hydrogen-bond donors (Lipinski definition) is 1. The van der Waals surface area contributed by atoms with Gasteiger partial charge in [0.2, 0.25) is 5.91 Å². The Kier molecular flexibility index (Phi) is 5.96. The maximum Gasteiger partial charge on any atom is 0.232 e. The summed E-state index contributed by atoms with van der Waals surface area (Å²) in [5, 5.41) is 6.23. The van der Waals surface area contributed by atoms with Gasteiger partial charge in [0.25, 0.3) is 0 Å². The van der Waals surface area contributed by atoms with Crippen LogP contribution in [0.25, 0.3) is 20.8 Å². The molecule has 0 unspecified atom stereocenters. The fourth-order valence-electron chi connectivity index (χ4n) is 3.06. The van der Waals surface area contributed by atoms with Crippen molar-refractivity contribution in [3.8, 4) is 22.1 Å². The number of fused-ring (bicyclic) bond motifs is 1. The third-order valence-corrected chi connectivity index (χ3v) is 6.51. The van der Waals surface area contributed by atoms with Crippen molar-refractivity contribution in [3.05, 3.63) is 53.0 Å². The van der Waals surface area contributed by atoms with Crippen LogP contribution in [-0.4, -0.2) is 30.1 Å². The van der Waals surface area contributed by atoms with Crippen molar-refractivity contribution in [2.24, 2.45) is 0 Å². The molecule has 4 aromatic rings. The minimum Gasteiger partial charge on any atom is -0.493 e. The second-order valence-electron chi connectivity index (χ2n) is 6.61. The Morgan fingerprint density at radius 2 is 1.90 bits per heavy atom. The Balaban J connectivity index is 1.45. The molecule has 0 saturated carbocycles. The fraction of sp³-hybridized carbons (Fsp3) is 0.227. The van der Waals surface area contributed by atoms with Crippen LogP contribution >= 0.6 is 22.7 Å². The minimum absolute atomic E-state index is 0.131. The molecule has 0 aliphatic heterocycles. The van der Waals surface area contributed by atoms with Crippen LogP contribution in [0.1, 0.15) is 18.2 Å². The van der Waals surface area contributed by atoms with Gasteiger partial charge in [0, 0.05) is 10.9 Å². The van der Waals surface area contributed by atoms with Crippen LogP contribution in [0, 0.1) is 0 Å². The summed E-state index contributed by atoms with van der Waals surface area (Å²) >= 11 is 2.98. The molecular weight excluding hydrogens is 418 g/mol. The molecule has 0 aliphatic carbocycles. The molecule has 2 aromatic carbocycles. The van der Waals surface area contributed by atoms with Crippen LogP contribution < -0.4 is 14.8 Å². The van der Waals surface area contributed by atoms with Crippen molar-refractivity contribution >= 4 is 43.9 Å². The molecule has 0 fully saturated rings. The highest BCUT2D eigenvalue weighted by Crippen LogP contribution is 2.33. The monoisotopic (exact) mass is 439 g/mol. The van der Waals surface area contributed by atoms with Crippen molar-refractivity contribution in [2.75, 3.05) is 19.5 Å². The molecule has 0 radical (unpaired) electrons. The van der Waals surface area contributed by atoms with Gasteiger partial charge in [-0.05, 0) is 42.3 Å². The van der Waals surface area contributed by atoms with Gasteiger partial charge < -0.3 is 14.8 Å². The first-order valence-electron chi connectivity index (χ1n) is 9.45. The molecule has 0 saturated heterocycles. The Morgan fingerprint density at radius 1 is 1.07 bits per heavy atom. The van der Waals surface area contributed by atoms with Gasteiger partial charge in [-0.3, -0.25) is 4.79 Å². The predicted octanol–water partition coefficient (Wildman–Crippen LogP) is 5.18. The summed E-state index contributed by atoms with van der Waals surface area (Å²) in [6.07, 6.45) is 1.17. The zero-order chi connectivity index (χ0) is 21.1. The number of carbonyl (C=O) groups excluding carboxylic acids is 1. The van der Waals surface area contributed by atoms with Crippen LogP contribution in [0.4, 0.5) is 5.13 Å². The predicted molar refractivity (Wildman–Crippen MR) is 122 cm³/mol. The molecule has 0 bridgehead atoms. The molecule has 30 heavy (non-hydrogen) atoms. The van der Waals surface area contributed by atoms with Crippen molar-refractivity contribution in [3.63, 3.8) is 0 Å². The van der Waals surface area contributed by atoms with Gasteiger partial charge >= 0.3 is 0 Å². The van der Waals surface area contributed by atoms with E-state index in [4.69, 9.17) is 9.47 Å². The van der Waals surface area contributed by atoms with Crippen molar-refractivity contribution in [2.45, 2.75) is 19.8 Å². The largest absolute Gasteiger partial charge is 0.493 e. The van der Waals surface area contributed by atoms with Gasteiger partial charge in [0.1, 0.15) is 5.01 Å². The van der Waals surface area contributed by atoms with E-state index in [1.165, 1.54) is 28.2 Å². The first-order chi connectivity index (χ1) is 14.6. The standard InChI is InChI=1S/C22H21N3O3S2/c1-4-13-5-7-16-19(9-13)30-22(24-16)25-20(26)11-15-12-29-21(23-15)14-6-8-17(27-2)18(10-14)28-3/h5-10,12H,4,11H2,1-3H3,(H,24,25,26). The number of nitrogens with one attached hydrogen (secondary N) is 1. The maximum atomic E-state index is 12.5. The first kappa shape index (κ1) is 20.3. The summed E-state index contributed by atoms with van der Waals surface area (Å²) in [6.45, 7) is 2.12. The lowest BCUT2D eigenvalue weighted by Gasteiger charge is -2.08. The van der Waals surface area contributed by atoms with E-state index in [1.807, 2.05) is 29.6 Å². The van der Waals surface area contributed by atoms with Gasteiger partial charge in [0.15, 0.2) is 16.6 Å². The van der Waals surface area contributed by atoms with Gasteiger partial charge in [-0.2, -0.15) is 0 Å². The highest BCUT2D eigenvalue weighted by atomic mass is 32.1. The third kappa shape index (κ3) is 4.29. The fourth-order valence-corrected chi connectivity index (χ4v) is 4.82. The van der Waals surface area contributed by atoms with E-state index in [0.717, 1.165) is 32.9 Å². The Bertz CT molecular complexity index is 1200. The molecule has 0 spiro atoms. The molecule has 6 nitrogen and oxygen atoms in total. The van der Waals surface area contributed by atoms with E-state index in [9.17, 15) is 4.79 Å². The molecule has 1 amide bonds. The topological polar surface area (TPSA) is 73.3 Å². The number of thiazole rings is 2. The van der Waals surface area contributed by atoms with Gasteiger partial charge in [-0.1, -0.05) is 24.3 Å². The SMILES string of the molecule is CCc1ccc2nc(NC(=O)Cc3csc(-c4ccc(OC)c(OC)c4)n3)sc2c1. The number of carbonyl (C=O) groups is 1. The summed E-state index contributed by atoms with van der Waals surface area (Å²) in [5.41, 5.74) is 3.80. The van der Waals surface area contributed by atoms with Crippen molar-refractivity contribution in [1.29, 1.82) is 0 Å². The van der Waals surface area contributed by atoms with E-state index < -0.39 is 0 Å². The van der Waals surface area contributed by atoms with Crippen LogP contribution in [0.3, 0.4) is 0 Å². The van der Waals surface area contributed by atoms with Gasteiger partial charge in [-0.25, -0.2) is 9.97 Å². The normalized spacial score (nSPS) is 10.9. The molecule has 4 rings (SSSR count). The molecule has 8 heteroatoms. The van der Waals surface area contributed by atoms with E-state index in [2.05, 4.69) is 34.3 Å². The quantitative estimate of drug-likeness (QED) is 0.429. The number of ether oxygens (including phenoxy) is 2.